The van der Waals surface area contributed by atoms with Gasteiger partial charge in [-0.05, 0) is 61.4 Å². The zero-order valence-corrected chi connectivity index (χ0v) is 19.0. The minimum absolute atomic E-state index is 0.213. The summed E-state index contributed by atoms with van der Waals surface area (Å²) in [6, 6.07) is 12.3. The molecule has 0 saturated heterocycles. The second-order valence-corrected chi connectivity index (χ2v) is 9.35. The van der Waals surface area contributed by atoms with Crippen molar-refractivity contribution in [1.82, 2.24) is 9.88 Å². The predicted molar refractivity (Wildman–Crippen MR) is 125 cm³/mol. The first-order valence-electron chi connectivity index (χ1n) is 10.9. The van der Waals surface area contributed by atoms with Gasteiger partial charge in [-0.1, -0.05) is 36.4 Å². The zero-order valence-electron chi connectivity index (χ0n) is 18.2. The fraction of sp³-hybridized carbons (Fsp3) is 0.346. The summed E-state index contributed by atoms with van der Waals surface area (Å²) in [5.74, 6) is 0. The Hall–Kier alpha value is -2.44. The van der Waals surface area contributed by atoms with Crippen molar-refractivity contribution in [1.29, 1.82) is 0 Å². The second-order valence-electron chi connectivity index (χ2n) is 8.29. The molecule has 0 N–H and O–H groups in total. The predicted octanol–water partition coefficient (Wildman–Crippen LogP) is 7.11. The Labute approximate surface area is 191 Å². The Balaban J connectivity index is 1.44. The van der Waals surface area contributed by atoms with Gasteiger partial charge in [0.1, 0.15) is 5.01 Å². The number of aromatic nitrogens is 1. The highest BCUT2D eigenvalue weighted by Gasteiger charge is 2.30. The SMILES string of the molecule is C=CCCc1ccc2c(c1)CCN(C(C)c1cnc(-c3ccc(C(F)(F)F)cc3)s1)CC2. The molecule has 2 heterocycles. The number of allylic oxidation sites excluding steroid dienone is 1. The highest BCUT2D eigenvalue weighted by atomic mass is 32.1. The zero-order chi connectivity index (χ0) is 22.7. The minimum Gasteiger partial charge on any atom is -0.295 e. The first-order chi connectivity index (χ1) is 15.3. The molecule has 0 radical (unpaired) electrons. The highest BCUT2D eigenvalue weighted by Crippen LogP contribution is 2.35. The van der Waals surface area contributed by atoms with E-state index in [1.54, 1.807) is 11.3 Å². The maximum Gasteiger partial charge on any atom is 0.416 e. The summed E-state index contributed by atoms with van der Waals surface area (Å²) in [5.41, 5.74) is 4.32. The van der Waals surface area contributed by atoms with Crippen LogP contribution in [0.25, 0.3) is 10.6 Å². The molecule has 0 amide bonds. The van der Waals surface area contributed by atoms with Crippen molar-refractivity contribution in [2.75, 3.05) is 13.1 Å². The van der Waals surface area contributed by atoms with Gasteiger partial charge in [0.05, 0.1) is 5.56 Å². The van der Waals surface area contributed by atoms with Gasteiger partial charge in [-0.2, -0.15) is 13.2 Å². The van der Waals surface area contributed by atoms with Crippen molar-refractivity contribution < 1.29 is 13.2 Å². The van der Waals surface area contributed by atoms with Crippen LogP contribution in [0.3, 0.4) is 0 Å². The van der Waals surface area contributed by atoms with Gasteiger partial charge in [-0.3, -0.25) is 4.90 Å². The van der Waals surface area contributed by atoms with Gasteiger partial charge >= 0.3 is 6.18 Å². The van der Waals surface area contributed by atoms with Crippen molar-refractivity contribution in [2.45, 2.75) is 44.8 Å². The maximum atomic E-state index is 12.8. The van der Waals surface area contributed by atoms with Gasteiger partial charge in [0.2, 0.25) is 0 Å². The molecular weight excluding hydrogens is 429 g/mol. The summed E-state index contributed by atoms with van der Waals surface area (Å²) in [7, 11) is 0. The number of aryl methyl sites for hydroxylation is 1. The number of nitrogens with zero attached hydrogens (tertiary/aromatic N) is 2. The first-order valence-corrected chi connectivity index (χ1v) is 11.8. The van der Waals surface area contributed by atoms with E-state index in [0.717, 1.165) is 66.4 Å². The second kappa shape index (κ2) is 9.59. The van der Waals surface area contributed by atoms with Gasteiger partial charge in [0.25, 0.3) is 0 Å². The van der Waals surface area contributed by atoms with Crippen LogP contribution >= 0.6 is 11.3 Å². The first kappa shape index (κ1) is 22.7. The molecule has 1 unspecified atom stereocenters. The lowest BCUT2D eigenvalue weighted by molar-refractivity contribution is -0.137. The molecule has 0 saturated carbocycles. The summed E-state index contributed by atoms with van der Waals surface area (Å²) >= 11 is 1.56. The number of benzene rings is 2. The quantitative estimate of drug-likeness (QED) is 0.368. The molecule has 1 atom stereocenters. The van der Waals surface area contributed by atoms with Gasteiger partial charge < -0.3 is 0 Å². The van der Waals surface area contributed by atoms with Crippen LogP contribution < -0.4 is 0 Å². The lowest BCUT2D eigenvalue weighted by atomic mass is 9.98. The van der Waals surface area contributed by atoms with Crippen molar-refractivity contribution in [2.24, 2.45) is 0 Å². The molecular formula is C26H27F3N2S. The topological polar surface area (TPSA) is 16.1 Å². The summed E-state index contributed by atoms with van der Waals surface area (Å²) in [4.78, 5) is 8.12. The van der Waals surface area contributed by atoms with E-state index in [9.17, 15) is 13.2 Å². The van der Waals surface area contributed by atoms with Crippen molar-refractivity contribution >= 4 is 11.3 Å². The van der Waals surface area contributed by atoms with E-state index in [-0.39, 0.29) is 6.04 Å². The van der Waals surface area contributed by atoms with Crippen LogP contribution in [-0.4, -0.2) is 23.0 Å². The van der Waals surface area contributed by atoms with E-state index in [1.165, 1.54) is 28.8 Å². The molecule has 32 heavy (non-hydrogen) atoms. The molecule has 6 heteroatoms. The molecule has 0 fully saturated rings. The largest absolute Gasteiger partial charge is 0.416 e. The Kier molecular flexibility index (Phi) is 6.82. The lowest BCUT2D eigenvalue weighted by Crippen LogP contribution is -2.29. The number of alkyl halides is 3. The molecule has 2 nitrogen and oxygen atoms in total. The third-order valence-electron chi connectivity index (χ3n) is 6.19. The maximum absolute atomic E-state index is 12.8. The monoisotopic (exact) mass is 456 g/mol. The van der Waals surface area contributed by atoms with Crippen molar-refractivity contribution in [3.63, 3.8) is 0 Å². The Morgan fingerprint density at radius 2 is 1.81 bits per heavy atom. The van der Waals surface area contributed by atoms with E-state index < -0.39 is 11.7 Å². The molecule has 0 aliphatic carbocycles. The normalized spacial score (nSPS) is 15.8. The fourth-order valence-electron chi connectivity index (χ4n) is 4.20. The van der Waals surface area contributed by atoms with Crippen LogP contribution in [0.5, 0.6) is 0 Å². The van der Waals surface area contributed by atoms with E-state index in [4.69, 9.17) is 0 Å². The molecule has 1 aliphatic heterocycles. The molecule has 1 aromatic heterocycles. The number of thiazole rings is 1. The summed E-state index contributed by atoms with van der Waals surface area (Å²) in [6.45, 7) is 7.96. The summed E-state index contributed by atoms with van der Waals surface area (Å²) < 4.78 is 38.5. The number of hydrogen-bond acceptors (Lipinski definition) is 3. The van der Waals surface area contributed by atoms with Gasteiger partial charge in [0.15, 0.2) is 0 Å². The number of rotatable bonds is 6. The Morgan fingerprint density at radius 3 is 2.50 bits per heavy atom. The smallest absolute Gasteiger partial charge is 0.295 e. The van der Waals surface area contributed by atoms with Crippen LogP contribution in [-0.2, 0) is 25.4 Å². The van der Waals surface area contributed by atoms with E-state index in [0.29, 0.717) is 0 Å². The molecule has 4 rings (SSSR count). The minimum atomic E-state index is -4.32. The molecule has 0 spiro atoms. The molecule has 0 bridgehead atoms. The van der Waals surface area contributed by atoms with Crippen LogP contribution in [0, 0.1) is 0 Å². The van der Waals surface area contributed by atoms with Gasteiger partial charge in [-0.15, -0.1) is 17.9 Å². The third-order valence-corrected chi connectivity index (χ3v) is 7.40. The van der Waals surface area contributed by atoms with E-state index in [2.05, 4.69) is 41.6 Å². The average Bonchev–Trinajstić information content (AvgIpc) is 3.18. The summed E-state index contributed by atoms with van der Waals surface area (Å²) in [6.07, 6.45) is 3.58. The molecule has 168 valence electrons. The van der Waals surface area contributed by atoms with Gasteiger partial charge in [0, 0.05) is 35.8 Å². The third kappa shape index (κ3) is 5.13. The van der Waals surface area contributed by atoms with Crippen LogP contribution in [0.1, 0.15) is 46.5 Å². The number of fused-ring (bicyclic) bond motifs is 1. The highest BCUT2D eigenvalue weighted by molar-refractivity contribution is 7.15. The Bertz CT molecular complexity index is 1070. The molecule has 1 aliphatic rings. The standard InChI is InChI=1S/C26H27F3N2S/c1-3-4-5-19-6-7-20-12-14-31(15-13-22(20)16-19)18(2)24-17-30-25(32-24)21-8-10-23(11-9-21)26(27,28)29/h3,6-11,16-18H,1,4-5,12-15H2,2H3. The molecule has 3 aromatic rings. The number of halogens is 3. The number of hydrogen-bond donors (Lipinski definition) is 0. The average molecular weight is 457 g/mol. The fourth-order valence-corrected chi connectivity index (χ4v) is 5.21. The van der Waals surface area contributed by atoms with E-state index in [1.807, 2.05) is 12.3 Å². The molecule has 2 aromatic carbocycles. The van der Waals surface area contributed by atoms with Crippen LogP contribution in [0.15, 0.2) is 61.3 Å². The van der Waals surface area contributed by atoms with Crippen LogP contribution in [0.2, 0.25) is 0 Å². The summed E-state index contributed by atoms with van der Waals surface area (Å²) in [5, 5.41) is 0.755. The van der Waals surface area contributed by atoms with Crippen molar-refractivity contribution in [3.05, 3.63) is 88.4 Å². The van der Waals surface area contributed by atoms with E-state index >= 15 is 0 Å². The van der Waals surface area contributed by atoms with Gasteiger partial charge in [-0.25, -0.2) is 4.98 Å². The lowest BCUT2D eigenvalue weighted by Gasteiger charge is -2.26. The van der Waals surface area contributed by atoms with Crippen molar-refractivity contribution in [3.8, 4) is 10.6 Å². The Morgan fingerprint density at radius 1 is 1.09 bits per heavy atom. The van der Waals surface area contributed by atoms with Crippen LogP contribution in [0.4, 0.5) is 13.2 Å².